The SMILES string of the molecule is Brc1ccc(-n2cncc2C2CCCNC2)cc1. The number of nitrogens with zero attached hydrogens (tertiary/aromatic N) is 2. The lowest BCUT2D eigenvalue weighted by Gasteiger charge is -2.23. The zero-order valence-electron chi connectivity index (χ0n) is 10.1. The molecule has 4 heteroatoms. The molecule has 3 rings (SSSR count). The Kier molecular flexibility index (Phi) is 3.48. The summed E-state index contributed by atoms with van der Waals surface area (Å²) in [5, 5.41) is 3.46. The molecule has 1 aliphatic rings. The number of hydrogen-bond acceptors (Lipinski definition) is 2. The molecule has 1 aromatic carbocycles. The molecule has 94 valence electrons. The van der Waals surface area contributed by atoms with E-state index in [0.29, 0.717) is 5.92 Å². The third-order valence-corrected chi connectivity index (χ3v) is 4.02. The van der Waals surface area contributed by atoms with Gasteiger partial charge in [0.05, 0.1) is 6.33 Å². The Morgan fingerprint density at radius 2 is 2.11 bits per heavy atom. The maximum absolute atomic E-state index is 4.32. The van der Waals surface area contributed by atoms with Gasteiger partial charge in [-0.25, -0.2) is 4.98 Å². The molecule has 0 saturated carbocycles. The lowest BCUT2D eigenvalue weighted by Crippen LogP contribution is -2.29. The van der Waals surface area contributed by atoms with Gasteiger partial charge in [0.15, 0.2) is 0 Å². The number of imidazole rings is 1. The van der Waals surface area contributed by atoms with Crippen LogP contribution in [-0.2, 0) is 0 Å². The first kappa shape index (κ1) is 11.9. The van der Waals surface area contributed by atoms with Gasteiger partial charge in [0.1, 0.15) is 0 Å². The number of rotatable bonds is 2. The Morgan fingerprint density at radius 3 is 2.83 bits per heavy atom. The van der Waals surface area contributed by atoms with Crippen LogP contribution in [0.3, 0.4) is 0 Å². The van der Waals surface area contributed by atoms with Crippen molar-refractivity contribution in [2.75, 3.05) is 13.1 Å². The van der Waals surface area contributed by atoms with E-state index in [0.717, 1.165) is 17.6 Å². The highest BCUT2D eigenvalue weighted by atomic mass is 79.9. The lowest BCUT2D eigenvalue weighted by atomic mass is 9.96. The topological polar surface area (TPSA) is 29.9 Å². The summed E-state index contributed by atoms with van der Waals surface area (Å²) in [7, 11) is 0. The number of hydrogen-bond donors (Lipinski definition) is 1. The van der Waals surface area contributed by atoms with E-state index in [2.05, 4.69) is 55.1 Å². The first-order chi connectivity index (χ1) is 8.84. The van der Waals surface area contributed by atoms with Crippen LogP contribution >= 0.6 is 15.9 Å². The van der Waals surface area contributed by atoms with E-state index in [1.165, 1.54) is 24.2 Å². The first-order valence-corrected chi connectivity index (χ1v) is 7.13. The third kappa shape index (κ3) is 2.35. The standard InChI is InChI=1S/C14H16BrN3/c15-12-3-5-13(6-4-12)18-10-17-9-14(18)11-2-1-7-16-8-11/h3-6,9-11,16H,1-2,7-8H2. The van der Waals surface area contributed by atoms with Crippen molar-refractivity contribution < 1.29 is 0 Å². The molecular weight excluding hydrogens is 290 g/mol. The summed E-state index contributed by atoms with van der Waals surface area (Å²) in [5.74, 6) is 0.574. The summed E-state index contributed by atoms with van der Waals surface area (Å²) in [6, 6.07) is 8.37. The number of halogens is 1. The average Bonchev–Trinajstić information content (AvgIpc) is 2.90. The number of benzene rings is 1. The Hall–Kier alpha value is -1.13. The highest BCUT2D eigenvalue weighted by Crippen LogP contribution is 2.25. The van der Waals surface area contributed by atoms with Crippen LogP contribution < -0.4 is 5.32 Å². The summed E-state index contributed by atoms with van der Waals surface area (Å²) >= 11 is 3.47. The highest BCUT2D eigenvalue weighted by molar-refractivity contribution is 9.10. The van der Waals surface area contributed by atoms with Crippen LogP contribution in [0.25, 0.3) is 5.69 Å². The maximum Gasteiger partial charge on any atom is 0.0994 e. The molecule has 0 bridgehead atoms. The van der Waals surface area contributed by atoms with Crippen molar-refractivity contribution in [2.45, 2.75) is 18.8 Å². The summed E-state index contributed by atoms with van der Waals surface area (Å²) in [6.07, 6.45) is 6.40. The maximum atomic E-state index is 4.32. The van der Waals surface area contributed by atoms with E-state index >= 15 is 0 Å². The van der Waals surface area contributed by atoms with Crippen molar-refractivity contribution >= 4 is 15.9 Å². The van der Waals surface area contributed by atoms with Gasteiger partial charge in [-0.1, -0.05) is 15.9 Å². The molecule has 2 heterocycles. The van der Waals surface area contributed by atoms with Crippen LogP contribution in [-0.4, -0.2) is 22.6 Å². The fourth-order valence-corrected chi connectivity index (χ4v) is 2.79. The zero-order chi connectivity index (χ0) is 12.4. The van der Waals surface area contributed by atoms with Gasteiger partial charge in [-0.15, -0.1) is 0 Å². The van der Waals surface area contributed by atoms with Crippen LogP contribution in [0.15, 0.2) is 41.3 Å². The van der Waals surface area contributed by atoms with Crippen molar-refractivity contribution in [1.29, 1.82) is 0 Å². The monoisotopic (exact) mass is 305 g/mol. The van der Waals surface area contributed by atoms with E-state index in [1.807, 2.05) is 12.5 Å². The second kappa shape index (κ2) is 5.24. The molecule has 1 aliphatic heterocycles. The van der Waals surface area contributed by atoms with Crippen LogP contribution in [0.1, 0.15) is 24.5 Å². The predicted molar refractivity (Wildman–Crippen MR) is 76.1 cm³/mol. The first-order valence-electron chi connectivity index (χ1n) is 6.33. The van der Waals surface area contributed by atoms with E-state index in [-0.39, 0.29) is 0 Å². The van der Waals surface area contributed by atoms with E-state index in [4.69, 9.17) is 0 Å². The Morgan fingerprint density at radius 1 is 1.28 bits per heavy atom. The highest BCUT2D eigenvalue weighted by Gasteiger charge is 2.19. The van der Waals surface area contributed by atoms with Gasteiger partial charge in [0, 0.05) is 34.5 Å². The molecule has 18 heavy (non-hydrogen) atoms. The molecule has 1 saturated heterocycles. The molecule has 0 radical (unpaired) electrons. The van der Waals surface area contributed by atoms with Crippen LogP contribution in [0.4, 0.5) is 0 Å². The molecule has 0 aliphatic carbocycles. The summed E-state index contributed by atoms with van der Waals surface area (Å²) in [5.41, 5.74) is 2.49. The van der Waals surface area contributed by atoms with Crippen LogP contribution in [0, 0.1) is 0 Å². The molecule has 0 spiro atoms. The van der Waals surface area contributed by atoms with Gasteiger partial charge < -0.3 is 9.88 Å². The second-order valence-electron chi connectivity index (χ2n) is 4.71. The van der Waals surface area contributed by atoms with E-state index in [9.17, 15) is 0 Å². The van der Waals surface area contributed by atoms with E-state index < -0.39 is 0 Å². The van der Waals surface area contributed by atoms with Crippen LogP contribution in [0.5, 0.6) is 0 Å². The third-order valence-electron chi connectivity index (χ3n) is 3.49. The summed E-state index contributed by atoms with van der Waals surface area (Å²) < 4.78 is 3.30. The smallest absolute Gasteiger partial charge is 0.0994 e. The molecule has 0 amide bonds. The lowest BCUT2D eigenvalue weighted by molar-refractivity contribution is 0.451. The number of aromatic nitrogens is 2. The second-order valence-corrected chi connectivity index (χ2v) is 5.62. The fourth-order valence-electron chi connectivity index (χ4n) is 2.53. The van der Waals surface area contributed by atoms with Crippen molar-refractivity contribution in [3.8, 4) is 5.69 Å². The van der Waals surface area contributed by atoms with Crippen molar-refractivity contribution in [2.24, 2.45) is 0 Å². The van der Waals surface area contributed by atoms with Gasteiger partial charge >= 0.3 is 0 Å². The van der Waals surface area contributed by atoms with E-state index in [1.54, 1.807) is 0 Å². The molecule has 1 fully saturated rings. The molecular formula is C14H16BrN3. The quantitative estimate of drug-likeness (QED) is 0.924. The Bertz CT molecular complexity index is 512. The fraction of sp³-hybridized carbons (Fsp3) is 0.357. The van der Waals surface area contributed by atoms with Crippen molar-refractivity contribution in [3.63, 3.8) is 0 Å². The molecule has 1 aromatic heterocycles. The Labute approximate surface area is 115 Å². The number of nitrogens with one attached hydrogen (secondary N) is 1. The van der Waals surface area contributed by atoms with Gasteiger partial charge in [0.2, 0.25) is 0 Å². The molecule has 3 nitrogen and oxygen atoms in total. The molecule has 1 unspecified atom stereocenters. The van der Waals surface area contributed by atoms with Crippen LogP contribution in [0.2, 0.25) is 0 Å². The van der Waals surface area contributed by atoms with Gasteiger partial charge in [0.25, 0.3) is 0 Å². The molecule has 1 N–H and O–H groups in total. The minimum atomic E-state index is 0.574. The summed E-state index contributed by atoms with van der Waals surface area (Å²) in [6.45, 7) is 2.20. The molecule has 2 aromatic rings. The van der Waals surface area contributed by atoms with Gasteiger partial charge in [-0.05, 0) is 43.7 Å². The normalized spacial score (nSPS) is 19.9. The average molecular weight is 306 g/mol. The number of piperidine rings is 1. The Balaban J connectivity index is 1.93. The molecule has 1 atom stereocenters. The minimum Gasteiger partial charge on any atom is -0.316 e. The minimum absolute atomic E-state index is 0.574. The van der Waals surface area contributed by atoms with Gasteiger partial charge in [-0.3, -0.25) is 0 Å². The predicted octanol–water partition coefficient (Wildman–Crippen LogP) is 3.10. The van der Waals surface area contributed by atoms with Crippen molar-refractivity contribution in [3.05, 3.63) is 47.0 Å². The largest absolute Gasteiger partial charge is 0.316 e. The van der Waals surface area contributed by atoms with Gasteiger partial charge in [-0.2, -0.15) is 0 Å². The van der Waals surface area contributed by atoms with Crippen molar-refractivity contribution in [1.82, 2.24) is 14.9 Å². The zero-order valence-corrected chi connectivity index (χ0v) is 11.7. The summed E-state index contributed by atoms with van der Waals surface area (Å²) in [4.78, 5) is 4.32.